The summed E-state index contributed by atoms with van der Waals surface area (Å²) in [4.78, 5) is 55.3. The maximum absolute atomic E-state index is 14.0. The van der Waals surface area contributed by atoms with Gasteiger partial charge in [0.1, 0.15) is 11.5 Å². The van der Waals surface area contributed by atoms with Crippen LogP contribution in [0.1, 0.15) is 65.5 Å². The van der Waals surface area contributed by atoms with Gasteiger partial charge in [0.15, 0.2) is 5.82 Å². The molecule has 1 saturated carbocycles. The largest absolute Gasteiger partial charge is 0.392 e. The zero-order valence-corrected chi connectivity index (χ0v) is 32.0. The summed E-state index contributed by atoms with van der Waals surface area (Å²) in [6.45, 7) is 7.22. The van der Waals surface area contributed by atoms with Crippen molar-refractivity contribution < 1.29 is 19.4 Å². The predicted molar refractivity (Wildman–Crippen MR) is 214 cm³/mol. The van der Waals surface area contributed by atoms with E-state index in [9.17, 15) is 19.5 Å². The van der Waals surface area contributed by atoms with E-state index in [1.807, 2.05) is 18.2 Å². The van der Waals surface area contributed by atoms with E-state index in [0.29, 0.717) is 58.6 Å². The van der Waals surface area contributed by atoms with Crippen LogP contribution in [0, 0.1) is 5.41 Å². The molecule has 5 aliphatic rings. The number of piperazine rings is 1. The molecule has 0 unspecified atom stereocenters. The van der Waals surface area contributed by atoms with Crippen LogP contribution >= 0.6 is 0 Å². The van der Waals surface area contributed by atoms with E-state index in [4.69, 9.17) is 15.5 Å². The summed E-state index contributed by atoms with van der Waals surface area (Å²) in [7, 11) is 1.65. The molecule has 14 nitrogen and oxygen atoms in total. The van der Waals surface area contributed by atoms with Crippen molar-refractivity contribution in [3.63, 3.8) is 0 Å². The SMILES string of the molecule is C[C@H]1CN(C2CCOCC2)CCN1c1ccc(Nc2nc(-c3ccnc(N4CCn5c(cc6c5CC5(CC5)C6)C4=O)c3CO)cn(C)c2=O)cc1C=CC(N)=O. The average Bonchev–Trinajstić information content (AvgIpc) is 3.74. The molecule has 3 aromatic heterocycles. The molecule has 1 atom stereocenters. The number of aliphatic hydroxyl groups is 1. The van der Waals surface area contributed by atoms with Gasteiger partial charge in [-0.3, -0.25) is 24.2 Å². The molecule has 56 heavy (non-hydrogen) atoms. The molecule has 1 spiro atoms. The summed E-state index contributed by atoms with van der Waals surface area (Å²) >= 11 is 0. The molecule has 2 amide bonds. The molecule has 4 aromatic rings. The number of aliphatic hydroxyl groups excluding tert-OH is 1. The number of hydrogen-bond donors (Lipinski definition) is 3. The fourth-order valence-corrected chi connectivity index (χ4v) is 9.42. The van der Waals surface area contributed by atoms with Crippen molar-refractivity contribution in [2.45, 2.75) is 70.7 Å². The first-order valence-corrected chi connectivity index (χ1v) is 19.8. The topological polar surface area (TPSA) is 164 Å². The molecule has 292 valence electrons. The second-order valence-electron chi connectivity index (χ2n) is 16.2. The Morgan fingerprint density at radius 3 is 2.66 bits per heavy atom. The molecule has 3 aliphatic heterocycles. The Hall–Kier alpha value is -5.31. The number of aromatic nitrogens is 4. The molecule has 9 rings (SSSR count). The van der Waals surface area contributed by atoms with E-state index in [1.54, 1.807) is 36.5 Å². The number of amides is 2. The van der Waals surface area contributed by atoms with Gasteiger partial charge in [0.25, 0.3) is 11.5 Å². The highest BCUT2D eigenvalue weighted by molar-refractivity contribution is 6.06. The number of aryl methyl sites for hydroxylation is 1. The lowest BCUT2D eigenvalue weighted by molar-refractivity contribution is -0.113. The first-order chi connectivity index (χ1) is 27.1. The van der Waals surface area contributed by atoms with E-state index in [0.717, 1.165) is 69.8 Å². The second kappa shape index (κ2) is 14.3. The van der Waals surface area contributed by atoms with Crippen LogP contribution in [-0.4, -0.2) is 92.4 Å². The number of primary amides is 1. The average molecular weight is 760 g/mol. The fraction of sp³-hybridized carbons (Fsp3) is 0.452. The molecular weight excluding hydrogens is 711 g/mol. The second-order valence-corrected chi connectivity index (χ2v) is 16.2. The summed E-state index contributed by atoms with van der Waals surface area (Å²) in [5.41, 5.74) is 12.7. The van der Waals surface area contributed by atoms with Gasteiger partial charge in [-0.05, 0) is 92.8 Å². The number of benzene rings is 1. The van der Waals surface area contributed by atoms with Crippen molar-refractivity contribution in [2.75, 3.05) is 54.5 Å². The van der Waals surface area contributed by atoms with E-state index in [2.05, 4.69) is 37.7 Å². The number of ether oxygens (including phenoxy) is 1. The minimum Gasteiger partial charge on any atom is -0.392 e. The summed E-state index contributed by atoms with van der Waals surface area (Å²) < 4.78 is 9.22. The molecule has 1 aromatic carbocycles. The van der Waals surface area contributed by atoms with Crippen LogP contribution in [0.2, 0.25) is 0 Å². The Bertz CT molecular complexity index is 2300. The first-order valence-electron chi connectivity index (χ1n) is 19.8. The van der Waals surface area contributed by atoms with Gasteiger partial charge in [0.05, 0.1) is 12.3 Å². The van der Waals surface area contributed by atoms with Crippen molar-refractivity contribution in [3.05, 3.63) is 87.2 Å². The lowest BCUT2D eigenvalue weighted by Gasteiger charge is -2.45. The number of anilines is 4. The monoisotopic (exact) mass is 759 g/mol. The van der Waals surface area contributed by atoms with Gasteiger partial charge in [-0.1, -0.05) is 0 Å². The van der Waals surface area contributed by atoms with Gasteiger partial charge >= 0.3 is 0 Å². The third kappa shape index (κ3) is 6.58. The van der Waals surface area contributed by atoms with Crippen LogP contribution in [0.4, 0.5) is 23.0 Å². The Kier molecular flexibility index (Phi) is 9.29. The Labute approximate surface area is 325 Å². The third-order valence-electron chi connectivity index (χ3n) is 12.6. The number of carbonyl (C=O) groups is 2. The predicted octanol–water partition coefficient (Wildman–Crippen LogP) is 3.61. The Morgan fingerprint density at radius 2 is 1.91 bits per heavy atom. The molecule has 0 radical (unpaired) electrons. The highest BCUT2D eigenvalue weighted by Gasteiger charge is 2.49. The van der Waals surface area contributed by atoms with Crippen molar-refractivity contribution in [1.82, 2.24) is 24.0 Å². The van der Waals surface area contributed by atoms with Crippen LogP contribution in [-0.2, 0) is 42.6 Å². The van der Waals surface area contributed by atoms with Crippen molar-refractivity contribution >= 4 is 40.9 Å². The maximum atomic E-state index is 14.0. The molecule has 6 heterocycles. The van der Waals surface area contributed by atoms with Crippen LogP contribution in [0.25, 0.3) is 17.3 Å². The Balaban J connectivity index is 0.990. The third-order valence-corrected chi connectivity index (χ3v) is 12.6. The van der Waals surface area contributed by atoms with Gasteiger partial charge in [-0.25, -0.2) is 9.97 Å². The van der Waals surface area contributed by atoms with Gasteiger partial charge in [-0.2, -0.15) is 0 Å². The van der Waals surface area contributed by atoms with Crippen LogP contribution in [0.15, 0.2) is 53.6 Å². The molecule has 14 heteroatoms. The molecule has 0 bridgehead atoms. The van der Waals surface area contributed by atoms with E-state index in [-0.39, 0.29) is 29.9 Å². The maximum Gasteiger partial charge on any atom is 0.293 e. The number of nitrogens with one attached hydrogen (secondary N) is 1. The van der Waals surface area contributed by atoms with Crippen molar-refractivity contribution in [1.29, 1.82) is 0 Å². The Morgan fingerprint density at radius 1 is 1.09 bits per heavy atom. The molecule has 2 aliphatic carbocycles. The summed E-state index contributed by atoms with van der Waals surface area (Å²) in [5, 5.41) is 14.0. The normalized spacial score (nSPS) is 20.8. The number of pyridine rings is 1. The van der Waals surface area contributed by atoms with E-state index >= 15 is 0 Å². The summed E-state index contributed by atoms with van der Waals surface area (Å²) in [6.07, 6.45) is 13.0. The molecule has 4 N–H and O–H groups in total. The van der Waals surface area contributed by atoms with Crippen LogP contribution in [0.3, 0.4) is 0 Å². The molecule has 3 fully saturated rings. The van der Waals surface area contributed by atoms with Gasteiger partial charge in [0, 0.05) is 117 Å². The minimum atomic E-state index is -0.554. The number of rotatable bonds is 9. The quantitative estimate of drug-likeness (QED) is 0.215. The highest BCUT2D eigenvalue weighted by Crippen LogP contribution is 2.56. The smallest absolute Gasteiger partial charge is 0.293 e. The zero-order chi connectivity index (χ0) is 38.7. The van der Waals surface area contributed by atoms with Gasteiger partial charge in [0.2, 0.25) is 5.91 Å². The molecule has 2 saturated heterocycles. The number of hydrogen-bond acceptors (Lipinski definition) is 10. The molecular formula is C42H49N9O5. The van der Waals surface area contributed by atoms with Crippen LogP contribution in [0.5, 0.6) is 0 Å². The minimum absolute atomic E-state index is 0.0816. The fourth-order valence-electron chi connectivity index (χ4n) is 9.42. The highest BCUT2D eigenvalue weighted by atomic mass is 16.5. The summed E-state index contributed by atoms with van der Waals surface area (Å²) in [5.74, 6) is -0.221. The summed E-state index contributed by atoms with van der Waals surface area (Å²) in [6, 6.07) is 10.4. The number of fused-ring (bicyclic) bond motifs is 3. The van der Waals surface area contributed by atoms with E-state index < -0.39 is 5.91 Å². The number of nitrogens with two attached hydrogens (primary N) is 1. The van der Waals surface area contributed by atoms with Crippen LogP contribution < -0.4 is 26.4 Å². The zero-order valence-electron chi connectivity index (χ0n) is 32.0. The van der Waals surface area contributed by atoms with E-state index in [1.165, 1.54) is 34.7 Å². The van der Waals surface area contributed by atoms with Crippen molar-refractivity contribution in [3.8, 4) is 11.3 Å². The number of nitrogens with zero attached hydrogens (tertiary/aromatic N) is 7. The number of carbonyl (C=O) groups excluding carboxylic acids is 2. The standard InChI is InChI=1S/C42H49N9O5/c1-26-23-48(30-8-17-56-18-9-30)13-14-49(26)34-5-4-29(19-27(34)3-6-37(43)53)45-38-41(55)47(2)24-33(46-38)31-7-12-44-39(32(31)25-52)51-16-15-50-35(40(51)54)20-28-21-42(10-11-42)22-36(28)50/h3-7,12,19-20,24,26,30,52H,8-11,13-18,21-23,25H2,1-2H3,(H2,43,53)(H,45,46)/t26-/m0/s1. The lowest BCUT2D eigenvalue weighted by Crippen LogP contribution is -2.56. The van der Waals surface area contributed by atoms with Gasteiger partial charge in [-0.15, -0.1) is 0 Å². The lowest BCUT2D eigenvalue weighted by atomic mass is 10.0. The first kappa shape index (κ1) is 36.3. The van der Waals surface area contributed by atoms with Crippen molar-refractivity contribution in [2.24, 2.45) is 18.2 Å². The van der Waals surface area contributed by atoms with Gasteiger partial charge < -0.3 is 34.9 Å².